The average molecular weight is 333 g/mol. The van der Waals surface area contributed by atoms with Crippen molar-refractivity contribution in [2.24, 2.45) is 0 Å². The minimum atomic E-state index is -4.56. The molecule has 2 rings (SSSR count). The Labute approximate surface area is 115 Å². The van der Waals surface area contributed by atoms with Crippen molar-refractivity contribution in [2.45, 2.75) is 12.3 Å². The first kappa shape index (κ1) is 14.0. The van der Waals surface area contributed by atoms with Crippen LogP contribution in [0.25, 0.3) is 0 Å². The highest BCUT2D eigenvalue weighted by atomic mass is 79.9. The summed E-state index contributed by atoms with van der Waals surface area (Å²) in [6.07, 6.45) is -2.63. The van der Waals surface area contributed by atoms with Crippen molar-refractivity contribution < 1.29 is 18.3 Å². The lowest BCUT2D eigenvalue weighted by molar-refractivity contribution is -0.139. The zero-order valence-corrected chi connectivity index (χ0v) is 11.0. The second-order valence-corrected chi connectivity index (χ2v) is 4.59. The highest BCUT2D eigenvalue weighted by Gasteiger charge is 2.35. The van der Waals surface area contributed by atoms with Crippen LogP contribution in [0.15, 0.2) is 41.3 Å². The van der Waals surface area contributed by atoms with Gasteiger partial charge in [-0.3, -0.25) is 9.97 Å². The maximum absolute atomic E-state index is 12.9. The molecule has 0 aromatic carbocycles. The summed E-state index contributed by atoms with van der Waals surface area (Å²) in [5.41, 5.74) is -1.14. The molecule has 0 amide bonds. The van der Waals surface area contributed by atoms with Gasteiger partial charge in [-0.25, -0.2) is 0 Å². The Kier molecular flexibility index (Phi) is 3.86. The van der Waals surface area contributed by atoms with Crippen LogP contribution in [0.1, 0.15) is 22.9 Å². The Hall–Kier alpha value is -1.47. The van der Waals surface area contributed by atoms with Gasteiger partial charge in [0.05, 0.1) is 11.3 Å². The molecule has 0 saturated carbocycles. The molecular formula is C12H8BrF3N2O. The monoisotopic (exact) mass is 332 g/mol. The van der Waals surface area contributed by atoms with Crippen LogP contribution in [-0.2, 0) is 6.18 Å². The predicted molar refractivity (Wildman–Crippen MR) is 65.2 cm³/mol. The molecule has 0 radical (unpaired) electrons. The van der Waals surface area contributed by atoms with Gasteiger partial charge < -0.3 is 5.11 Å². The van der Waals surface area contributed by atoms with Gasteiger partial charge >= 0.3 is 6.18 Å². The molecule has 0 spiro atoms. The maximum Gasteiger partial charge on any atom is 0.416 e. The van der Waals surface area contributed by atoms with Crippen molar-refractivity contribution in [1.29, 1.82) is 0 Å². The summed E-state index contributed by atoms with van der Waals surface area (Å²) >= 11 is 3.15. The Balaban J connectivity index is 2.51. The van der Waals surface area contributed by atoms with E-state index in [2.05, 4.69) is 25.9 Å². The zero-order chi connectivity index (χ0) is 14.0. The van der Waals surface area contributed by atoms with Gasteiger partial charge in [0.15, 0.2) is 0 Å². The Bertz CT molecular complexity index is 589. The van der Waals surface area contributed by atoms with E-state index in [9.17, 15) is 18.3 Å². The highest BCUT2D eigenvalue weighted by molar-refractivity contribution is 9.10. The number of aliphatic hydroxyl groups is 1. The quantitative estimate of drug-likeness (QED) is 0.917. The molecule has 19 heavy (non-hydrogen) atoms. The molecule has 0 aliphatic rings. The third kappa shape index (κ3) is 2.93. The molecule has 0 aliphatic carbocycles. The predicted octanol–water partition coefficient (Wildman–Crippen LogP) is 3.34. The molecule has 2 aromatic heterocycles. The summed E-state index contributed by atoms with van der Waals surface area (Å²) < 4.78 is 39.0. The lowest BCUT2D eigenvalue weighted by atomic mass is 10.0. The van der Waals surface area contributed by atoms with E-state index in [0.717, 1.165) is 18.5 Å². The van der Waals surface area contributed by atoms with Crippen LogP contribution >= 0.6 is 15.9 Å². The molecule has 0 bridgehead atoms. The third-order valence-electron chi connectivity index (χ3n) is 2.50. The van der Waals surface area contributed by atoms with Crippen molar-refractivity contribution in [3.8, 4) is 0 Å². The van der Waals surface area contributed by atoms with E-state index in [4.69, 9.17) is 0 Å². The van der Waals surface area contributed by atoms with Crippen LogP contribution in [-0.4, -0.2) is 15.1 Å². The topological polar surface area (TPSA) is 46.0 Å². The van der Waals surface area contributed by atoms with E-state index in [1.54, 1.807) is 12.1 Å². The van der Waals surface area contributed by atoms with Crippen LogP contribution in [0.4, 0.5) is 13.2 Å². The highest BCUT2D eigenvalue weighted by Crippen LogP contribution is 2.36. The number of halogens is 4. The molecular weight excluding hydrogens is 325 g/mol. The molecule has 2 aromatic rings. The maximum atomic E-state index is 12.9. The first-order valence-electron chi connectivity index (χ1n) is 5.21. The minimum absolute atomic E-state index is 0.112. The van der Waals surface area contributed by atoms with Gasteiger partial charge in [-0.2, -0.15) is 13.2 Å². The number of hydrogen-bond donors (Lipinski definition) is 1. The summed E-state index contributed by atoms with van der Waals surface area (Å²) in [5, 5.41) is 10.1. The number of aliphatic hydroxyl groups excluding tert-OH is 1. The van der Waals surface area contributed by atoms with Crippen LogP contribution in [0.3, 0.4) is 0 Å². The molecule has 7 heteroatoms. The molecule has 0 saturated heterocycles. The van der Waals surface area contributed by atoms with Gasteiger partial charge in [0.1, 0.15) is 6.10 Å². The summed E-state index contributed by atoms with van der Waals surface area (Å²) in [6, 6.07) is 4.03. The van der Waals surface area contributed by atoms with Crippen molar-refractivity contribution in [3.05, 3.63) is 58.1 Å². The fourth-order valence-corrected chi connectivity index (χ4v) is 2.10. The normalized spacial score (nSPS) is 13.3. The van der Waals surface area contributed by atoms with E-state index in [0.29, 0.717) is 4.47 Å². The third-order valence-corrected chi connectivity index (χ3v) is 3.17. The van der Waals surface area contributed by atoms with Crippen molar-refractivity contribution in [3.63, 3.8) is 0 Å². The zero-order valence-electron chi connectivity index (χ0n) is 9.39. The standard InChI is InChI=1S/C12H8BrF3N2O/c13-9-2-1-4-18-10(9)11(19)7-6-17-5-3-8(7)12(14,15)16/h1-6,11,19H. The second-order valence-electron chi connectivity index (χ2n) is 3.73. The summed E-state index contributed by atoms with van der Waals surface area (Å²) in [4.78, 5) is 7.52. The fourth-order valence-electron chi connectivity index (χ4n) is 1.63. The van der Waals surface area contributed by atoms with Gasteiger partial charge in [-0.15, -0.1) is 0 Å². The second kappa shape index (κ2) is 5.26. The fraction of sp³-hybridized carbons (Fsp3) is 0.167. The summed E-state index contributed by atoms with van der Waals surface area (Å²) in [5.74, 6) is 0. The molecule has 0 fully saturated rings. The largest absolute Gasteiger partial charge is 0.416 e. The van der Waals surface area contributed by atoms with Gasteiger partial charge in [0, 0.05) is 28.6 Å². The van der Waals surface area contributed by atoms with Gasteiger partial charge in [0.2, 0.25) is 0 Å². The van der Waals surface area contributed by atoms with Crippen LogP contribution < -0.4 is 0 Å². The minimum Gasteiger partial charge on any atom is -0.382 e. The van der Waals surface area contributed by atoms with Crippen LogP contribution in [0.5, 0.6) is 0 Å². The van der Waals surface area contributed by atoms with Crippen molar-refractivity contribution >= 4 is 15.9 Å². The first-order chi connectivity index (χ1) is 8.91. The number of alkyl halides is 3. The number of nitrogens with zero attached hydrogens (tertiary/aromatic N) is 2. The molecule has 0 aliphatic heterocycles. The van der Waals surface area contributed by atoms with Gasteiger partial charge in [-0.1, -0.05) is 0 Å². The van der Waals surface area contributed by atoms with E-state index in [1.165, 1.54) is 6.20 Å². The van der Waals surface area contributed by atoms with Crippen molar-refractivity contribution in [2.75, 3.05) is 0 Å². The van der Waals surface area contributed by atoms with Crippen LogP contribution in [0.2, 0.25) is 0 Å². The SMILES string of the molecule is OC(c1cnccc1C(F)(F)F)c1ncccc1Br. The Morgan fingerprint density at radius 2 is 1.95 bits per heavy atom. The van der Waals surface area contributed by atoms with Crippen LogP contribution in [0, 0.1) is 0 Å². The Morgan fingerprint density at radius 3 is 2.58 bits per heavy atom. The van der Waals surface area contributed by atoms with Gasteiger partial charge in [0.25, 0.3) is 0 Å². The van der Waals surface area contributed by atoms with E-state index in [1.807, 2.05) is 0 Å². The molecule has 1 unspecified atom stereocenters. The number of pyridine rings is 2. The molecule has 100 valence electrons. The summed E-state index contributed by atoms with van der Waals surface area (Å²) in [6.45, 7) is 0. The number of hydrogen-bond acceptors (Lipinski definition) is 3. The van der Waals surface area contributed by atoms with Crippen molar-refractivity contribution in [1.82, 2.24) is 9.97 Å². The molecule has 1 N–H and O–H groups in total. The molecule has 3 nitrogen and oxygen atoms in total. The Morgan fingerprint density at radius 1 is 1.21 bits per heavy atom. The lowest BCUT2D eigenvalue weighted by Gasteiger charge is -2.17. The molecule has 2 heterocycles. The van der Waals surface area contributed by atoms with Gasteiger partial charge in [-0.05, 0) is 34.1 Å². The number of rotatable bonds is 2. The first-order valence-corrected chi connectivity index (χ1v) is 6.00. The lowest BCUT2D eigenvalue weighted by Crippen LogP contribution is -2.14. The smallest absolute Gasteiger partial charge is 0.382 e. The average Bonchev–Trinajstić information content (AvgIpc) is 2.37. The number of aromatic nitrogens is 2. The summed E-state index contributed by atoms with van der Waals surface area (Å²) in [7, 11) is 0. The van der Waals surface area contributed by atoms with E-state index >= 15 is 0 Å². The molecule has 1 atom stereocenters. The van der Waals surface area contributed by atoms with E-state index < -0.39 is 17.8 Å². The van der Waals surface area contributed by atoms with E-state index in [-0.39, 0.29) is 11.3 Å².